The summed E-state index contributed by atoms with van der Waals surface area (Å²) in [5, 5.41) is 1.76. The highest BCUT2D eigenvalue weighted by Crippen LogP contribution is 2.45. The van der Waals surface area contributed by atoms with Crippen molar-refractivity contribution in [1.82, 2.24) is 0 Å². The maximum atomic E-state index is 13.5. The Bertz CT molecular complexity index is 1050. The highest BCUT2D eigenvalue weighted by atomic mass is 19.4. The van der Waals surface area contributed by atoms with E-state index in [0.29, 0.717) is 17.0 Å². The molecule has 1 heterocycles. The third-order valence-electron chi connectivity index (χ3n) is 5.38. The first-order chi connectivity index (χ1) is 15.1. The fourth-order valence-corrected chi connectivity index (χ4v) is 3.77. The van der Waals surface area contributed by atoms with Gasteiger partial charge in [-0.1, -0.05) is 12.1 Å². The molecule has 0 fully saturated rings. The molecule has 2 aromatic rings. The molecule has 1 N–H and O–H groups in total. The van der Waals surface area contributed by atoms with Crippen molar-refractivity contribution in [3.63, 3.8) is 0 Å². The summed E-state index contributed by atoms with van der Waals surface area (Å²) in [5.41, 5.74) is 0.789. The number of carbonyl (C=O) groups excluding carboxylic acids is 3. The number of hydrogen-bond donors (Lipinski definition) is 1. The molecular weight excluding hydrogens is 429 g/mol. The highest BCUT2D eigenvalue weighted by Gasteiger charge is 2.42. The van der Waals surface area contributed by atoms with Gasteiger partial charge in [0.1, 0.15) is 5.75 Å². The number of fused-ring (bicyclic) bond motifs is 1. The molecule has 0 spiro atoms. The molecule has 1 aliphatic heterocycles. The monoisotopic (exact) mass is 450 g/mol. The van der Waals surface area contributed by atoms with E-state index in [1.54, 1.807) is 30.4 Å². The topological polar surface area (TPSA) is 84.9 Å². The number of amides is 2. The van der Waals surface area contributed by atoms with Crippen molar-refractivity contribution in [3.05, 3.63) is 53.6 Å². The van der Waals surface area contributed by atoms with Gasteiger partial charge in [-0.05, 0) is 42.8 Å². The number of alkyl halides is 3. The molecule has 0 bridgehead atoms. The molecule has 2 atom stereocenters. The smallest absolute Gasteiger partial charge is 0.471 e. The van der Waals surface area contributed by atoms with Crippen LogP contribution in [0, 0.1) is 0 Å². The Hall–Kier alpha value is -3.56. The summed E-state index contributed by atoms with van der Waals surface area (Å²) in [5.74, 6) is -3.16. The van der Waals surface area contributed by atoms with Crippen molar-refractivity contribution in [2.75, 3.05) is 24.4 Å². The lowest BCUT2D eigenvalue weighted by Crippen LogP contribution is -2.38. The van der Waals surface area contributed by atoms with Crippen LogP contribution in [0.25, 0.3) is 0 Å². The van der Waals surface area contributed by atoms with Crippen LogP contribution in [0.5, 0.6) is 5.75 Å². The Balaban J connectivity index is 2.02. The van der Waals surface area contributed by atoms with Crippen LogP contribution in [-0.2, 0) is 14.3 Å². The number of para-hydroxylation sites is 1. The van der Waals surface area contributed by atoms with Gasteiger partial charge in [0.15, 0.2) is 0 Å². The molecule has 32 heavy (non-hydrogen) atoms. The van der Waals surface area contributed by atoms with Gasteiger partial charge in [-0.3, -0.25) is 14.4 Å². The fourth-order valence-electron chi connectivity index (χ4n) is 3.77. The maximum absolute atomic E-state index is 13.5. The van der Waals surface area contributed by atoms with E-state index in [4.69, 9.17) is 9.47 Å². The molecule has 2 amide bonds. The van der Waals surface area contributed by atoms with Crippen molar-refractivity contribution in [1.29, 1.82) is 0 Å². The molecule has 0 saturated carbocycles. The van der Waals surface area contributed by atoms with E-state index < -0.39 is 35.9 Å². The van der Waals surface area contributed by atoms with E-state index in [-0.39, 0.29) is 17.7 Å². The van der Waals surface area contributed by atoms with Gasteiger partial charge in [-0.15, -0.1) is 0 Å². The predicted octanol–water partition coefficient (Wildman–Crippen LogP) is 3.89. The molecule has 7 nitrogen and oxygen atoms in total. The first-order valence-electron chi connectivity index (χ1n) is 9.64. The van der Waals surface area contributed by atoms with Crippen molar-refractivity contribution in [3.8, 4) is 5.75 Å². The van der Waals surface area contributed by atoms with Crippen LogP contribution < -0.4 is 15.0 Å². The Kier molecular flexibility index (Phi) is 6.42. The standard InChI is InChI=1S/C22H21F3N2O5/c1-12-15(11-19(28)32-3)16-10-13(31-2)8-9-18(16)27(12)20(29)14-6-4-5-7-17(14)26-21(30)22(23,24)25/h4-10,12,15H,11H2,1-3H3,(H,26,30). The SMILES string of the molecule is COC(=O)CC1c2cc(OC)ccc2N(C(=O)c2ccccc2NC(=O)C(F)(F)F)C1C. The first kappa shape index (κ1) is 23.1. The summed E-state index contributed by atoms with van der Waals surface area (Å²) >= 11 is 0. The van der Waals surface area contributed by atoms with E-state index in [1.165, 1.54) is 43.4 Å². The summed E-state index contributed by atoms with van der Waals surface area (Å²) in [7, 11) is 2.74. The second-order valence-electron chi connectivity index (χ2n) is 7.22. The largest absolute Gasteiger partial charge is 0.497 e. The minimum absolute atomic E-state index is 0.00588. The summed E-state index contributed by atoms with van der Waals surface area (Å²) in [6.07, 6.45) is -5.11. The molecule has 1 aliphatic rings. The van der Waals surface area contributed by atoms with E-state index >= 15 is 0 Å². The van der Waals surface area contributed by atoms with E-state index in [2.05, 4.69) is 0 Å². The Morgan fingerprint density at radius 3 is 2.41 bits per heavy atom. The summed E-state index contributed by atoms with van der Waals surface area (Å²) in [6.45, 7) is 1.73. The summed E-state index contributed by atoms with van der Waals surface area (Å²) in [6, 6.07) is 9.93. The number of esters is 1. The van der Waals surface area contributed by atoms with E-state index in [1.807, 2.05) is 0 Å². The van der Waals surface area contributed by atoms with Gasteiger partial charge in [-0.2, -0.15) is 13.2 Å². The summed E-state index contributed by atoms with van der Waals surface area (Å²) in [4.78, 5) is 38.3. The minimum Gasteiger partial charge on any atom is -0.497 e. The molecule has 0 aromatic heterocycles. The molecule has 170 valence electrons. The van der Waals surface area contributed by atoms with Gasteiger partial charge in [0, 0.05) is 17.6 Å². The first-order valence-corrected chi connectivity index (χ1v) is 9.64. The zero-order valence-corrected chi connectivity index (χ0v) is 17.5. The quantitative estimate of drug-likeness (QED) is 0.699. The number of benzene rings is 2. The number of nitrogens with zero attached hydrogens (tertiary/aromatic N) is 1. The summed E-state index contributed by atoms with van der Waals surface area (Å²) < 4.78 is 48.3. The van der Waals surface area contributed by atoms with Crippen LogP contribution in [0.4, 0.5) is 24.5 Å². The lowest BCUT2D eigenvalue weighted by Gasteiger charge is -2.26. The van der Waals surface area contributed by atoms with Crippen LogP contribution in [-0.4, -0.2) is 44.2 Å². The van der Waals surface area contributed by atoms with Crippen LogP contribution in [0.2, 0.25) is 0 Å². The average molecular weight is 450 g/mol. The highest BCUT2D eigenvalue weighted by molar-refractivity contribution is 6.13. The average Bonchev–Trinajstić information content (AvgIpc) is 3.03. The molecular formula is C22H21F3N2O5. The molecule has 10 heteroatoms. The van der Waals surface area contributed by atoms with E-state index in [0.717, 1.165) is 0 Å². The lowest BCUT2D eigenvalue weighted by atomic mass is 9.92. The fraction of sp³-hybridized carbons (Fsp3) is 0.318. The van der Waals surface area contributed by atoms with Crippen molar-refractivity contribution < 1.29 is 37.0 Å². The molecule has 2 unspecified atom stereocenters. The third-order valence-corrected chi connectivity index (χ3v) is 5.38. The van der Waals surface area contributed by atoms with Gasteiger partial charge in [-0.25, -0.2) is 0 Å². The zero-order valence-electron chi connectivity index (χ0n) is 17.5. The normalized spacial score (nSPS) is 17.5. The van der Waals surface area contributed by atoms with Crippen molar-refractivity contribution in [2.45, 2.75) is 31.5 Å². The van der Waals surface area contributed by atoms with E-state index in [9.17, 15) is 27.6 Å². The second kappa shape index (κ2) is 8.89. The third kappa shape index (κ3) is 4.39. The number of carbonyl (C=O) groups is 3. The van der Waals surface area contributed by atoms with Gasteiger partial charge in [0.25, 0.3) is 5.91 Å². The van der Waals surface area contributed by atoms with Crippen LogP contribution in [0.3, 0.4) is 0 Å². The van der Waals surface area contributed by atoms with Gasteiger partial charge >= 0.3 is 18.1 Å². The number of anilines is 2. The number of halogens is 3. The van der Waals surface area contributed by atoms with Gasteiger partial charge < -0.3 is 19.7 Å². The Labute approximate surface area is 182 Å². The lowest BCUT2D eigenvalue weighted by molar-refractivity contribution is -0.167. The molecule has 3 rings (SSSR count). The second-order valence-corrected chi connectivity index (χ2v) is 7.22. The number of rotatable bonds is 5. The molecule has 0 saturated heterocycles. The maximum Gasteiger partial charge on any atom is 0.471 e. The number of nitrogens with one attached hydrogen (secondary N) is 1. The van der Waals surface area contributed by atoms with Crippen molar-refractivity contribution in [2.24, 2.45) is 0 Å². The van der Waals surface area contributed by atoms with Crippen LogP contribution in [0.1, 0.15) is 35.2 Å². The predicted molar refractivity (Wildman–Crippen MR) is 110 cm³/mol. The Morgan fingerprint density at radius 2 is 1.78 bits per heavy atom. The zero-order chi connectivity index (χ0) is 23.6. The number of ether oxygens (including phenoxy) is 2. The number of hydrogen-bond acceptors (Lipinski definition) is 5. The number of methoxy groups -OCH3 is 2. The van der Waals surface area contributed by atoms with Gasteiger partial charge in [0.05, 0.1) is 31.9 Å². The van der Waals surface area contributed by atoms with Crippen LogP contribution >= 0.6 is 0 Å². The molecule has 0 aliphatic carbocycles. The Morgan fingerprint density at radius 1 is 1.09 bits per heavy atom. The minimum atomic E-state index is -5.11. The molecule has 0 radical (unpaired) electrons. The van der Waals surface area contributed by atoms with Gasteiger partial charge in [0.2, 0.25) is 0 Å². The van der Waals surface area contributed by atoms with Crippen LogP contribution in [0.15, 0.2) is 42.5 Å². The van der Waals surface area contributed by atoms with Crippen molar-refractivity contribution >= 4 is 29.2 Å². The molecule has 2 aromatic carbocycles.